The molecule has 0 aliphatic heterocycles. The Bertz CT molecular complexity index is 899. The summed E-state index contributed by atoms with van der Waals surface area (Å²) in [5.74, 6) is 0.639. The lowest BCUT2D eigenvalue weighted by molar-refractivity contribution is 0.457. The Morgan fingerprint density at radius 2 is 2.00 bits per heavy atom. The molecule has 0 fully saturated rings. The fraction of sp³-hybridized carbons (Fsp3) is 0.200. The summed E-state index contributed by atoms with van der Waals surface area (Å²) in [4.78, 5) is 17.1. The normalized spacial score (nSPS) is 11.3. The van der Waals surface area contributed by atoms with E-state index in [0.717, 1.165) is 0 Å². The number of aromatic nitrogens is 3. The molecule has 1 aromatic carbocycles. The molecule has 22 heavy (non-hydrogen) atoms. The van der Waals surface area contributed by atoms with Crippen LogP contribution in [0.5, 0.6) is 11.5 Å². The van der Waals surface area contributed by atoms with Crippen LogP contribution in [0.3, 0.4) is 0 Å². The van der Waals surface area contributed by atoms with E-state index in [1.54, 1.807) is 30.5 Å². The molecule has 2 aromatic heterocycles. The fourth-order valence-corrected chi connectivity index (χ4v) is 2.40. The third-order valence-corrected chi connectivity index (χ3v) is 3.93. The summed E-state index contributed by atoms with van der Waals surface area (Å²) < 4.78 is 7.09. The summed E-state index contributed by atoms with van der Waals surface area (Å²) in [6, 6.07) is 6.57. The number of nitrogens with one attached hydrogen (secondary N) is 1. The van der Waals surface area contributed by atoms with Crippen molar-refractivity contribution in [3.63, 3.8) is 0 Å². The molecular weight excluding hydrogens is 325 g/mol. The molecule has 3 aromatic rings. The second-order valence-electron chi connectivity index (χ2n) is 5.12. The van der Waals surface area contributed by atoms with E-state index in [-0.39, 0.29) is 17.2 Å². The first-order valence-corrected chi connectivity index (χ1v) is 7.46. The minimum atomic E-state index is -0.301. The van der Waals surface area contributed by atoms with Crippen molar-refractivity contribution < 1.29 is 4.74 Å². The van der Waals surface area contributed by atoms with Crippen LogP contribution in [-0.2, 0) is 0 Å². The topological polar surface area (TPSA) is 59.4 Å². The van der Waals surface area contributed by atoms with Gasteiger partial charge in [0, 0.05) is 18.3 Å². The molecule has 0 saturated heterocycles. The maximum absolute atomic E-state index is 12.6. The van der Waals surface area contributed by atoms with Gasteiger partial charge in [0.1, 0.15) is 5.75 Å². The van der Waals surface area contributed by atoms with Gasteiger partial charge in [-0.25, -0.2) is 4.98 Å². The third-order valence-electron chi connectivity index (χ3n) is 3.19. The highest BCUT2D eigenvalue weighted by molar-refractivity contribution is 6.42. The number of aromatic amines is 1. The van der Waals surface area contributed by atoms with Crippen LogP contribution in [0.4, 0.5) is 0 Å². The molecular formula is C15H13Cl2N3O2. The molecule has 5 nitrogen and oxygen atoms in total. The molecule has 0 aliphatic carbocycles. The Labute approximate surface area is 136 Å². The number of fused-ring (bicyclic) bond motifs is 1. The molecule has 7 heteroatoms. The summed E-state index contributed by atoms with van der Waals surface area (Å²) in [6.07, 6.45) is 1.65. The van der Waals surface area contributed by atoms with Crippen LogP contribution in [0, 0.1) is 0 Å². The maximum Gasteiger partial charge on any atom is 0.315 e. The number of H-pyrrole nitrogens is 1. The van der Waals surface area contributed by atoms with E-state index in [0.29, 0.717) is 27.1 Å². The van der Waals surface area contributed by atoms with Crippen molar-refractivity contribution in [2.45, 2.75) is 19.8 Å². The number of rotatable bonds is 3. The monoisotopic (exact) mass is 337 g/mol. The highest BCUT2D eigenvalue weighted by Crippen LogP contribution is 2.31. The van der Waals surface area contributed by atoms with Crippen LogP contribution in [0.2, 0.25) is 10.0 Å². The minimum Gasteiger partial charge on any atom is -0.449 e. The first kappa shape index (κ1) is 14.9. The van der Waals surface area contributed by atoms with Gasteiger partial charge < -0.3 is 4.74 Å². The first-order valence-electron chi connectivity index (χ1n) is 6.70. The van der Waals surface area contributed by atoms with Crippen molar-refractivity contribution in [2.24, 2.45) is 0 Å². The number of hydrogen-bond donors (Lipinski definition) is 1. The van der Waals surface area contributed by atoms with Crippen molar-refractivity contribution >= 4 is 28.8 Å². The van der Waals surface area contributed by atoms with Crippen LogP contribution in [-0.4, -0.2) is 14.6 Å². The van der Waals surface area contributed by atoms with Crippen molar-refractivity contribution in [3.8, 4) is 11.5 Å². The number of benzene rings is 1. The van der Waals surface area contributed by atoms with E-state index in [1.807, 2.05) is 13.8 Å². The van der Waals surface area contributed by atoms with E-state index in [1.165, 1.54) is 4.52 Å². The van der Waals surface area contributed by atoms with E-state index in [9.17, 15) is 4.79 Å². The number of nitrogens with zero attached hydrogens (tertiary/aromatic N) is 2. The van der Waals surface area contributed by atoms with E-state index in [4.69, 9.17) is 27.9 Å². The second kappa shape index (κ2) is 5.66. The Kier molecular flexibility index (Phi) is 3.85. The predicted octanol–water partition coefficient (Wildman–Crippen LogP) is 4.25. The smallest absolute Gasteiger partial charge is 0.315 e. The van der Waals surface area contributed by atoms with E-state index >= 15 is 0 Å². The highest BCUT2D eigenvalue weighted by Gasteiger charge is 2.18. The summed E-state index contributed by atoms with van der Waals surface area (Å²) in [5, 5.41) is 3.60. The zero-order chi connectivity index (χ0) is 15.9. The first-order chi connectivity index (χ1) is 10.5. The molecule has 0 atom stereocenters. The molecule has 1 N–H and O–H groups in total. The Balaban J connectivity index is 2.15. The summed E-state index contributed by atoms with van der Waals surface area (Å²) in [7, 11) is 0. The number of ether oxygens (including phenoxy) is 1. The van der Waals surface area contributed by atoms with E-state index in [2.05, 4.69) is 10.1 Å². The van der Waals surface area contributed by atoms with Gasteiger partial charge in [-0.2, -0.15) is 4.52 Å². The lowest BCUT2D eigenvalue weighted by Crippen LogP contribution is -2.19. The molecule has 0 saturated carbocycles. The number of halogens is 2. The zero-order valence-electron chi connectivity index (χ0n) is 11.9. The van der Waals surface area contributed by atoms with Gasteiger partial charge in [0.25, 0.3) is 0 Å². The molecule has 3 rings (SSSR count). The lowest BCUT2D eigenvalue weighted by Gasteiger charge is -2.13. The van der Waals surface area contributed by atoms with E-state index < -0.39 is 0 Å². The Hall–Kier alpha value is -1.98. The molecule has 0 spiro atoms. The van der Waals surface area contributed by atoms with Crippen molar-refractivity contribution in [3.05, 3.63) is 56.6 Å². The maximum atomic E-state index is 12.6. The van der Waals surface area contributed by atoms with Crippen LogP contribution in [0.25, 0.3) is 5.65 Å². The molecule has 0 amide bonds. The van der Waals surface area contributed by atoms with Gasteiger partial charge in [-0.05, 0) is 18.1 Å². The molecule has 0 bridgehead atoms. The minimum absolute atomic E-state index is 0.0328. The van der Waals surface area contributed by atoms with Crippen molar-refractivity contribution in [1.29, 1.82) is 0 Å². The average Bonchev–Trinajstić information content (AvgIpc) is 2.94. The zero-order valence-corrected chi connectivity index (χ0v) is 13.4. The summed E-state index contributed by atoms with van der Waals surface area (Å²) >= 11 is 11.9. The lowest BCUT2D eigenvalue weighted by atomic mass is 10.1. The molecule has 0 aliphatic rings. The molecule has 2 heterocycles. The van der Waals surface area contributed by atoms with Gasteiger partial charge >= 0.3 is 5.56 Å². The number of hydrogen-bond acceptors (Lipinski definition) is 3. The van der Waals surface area contributed by atoms with Crippen molar-refractivity contribution in [1.82, 2.24) is 14.6 Å². The van der Waals surface area contributed by atoms with Crippen LogP contribution >= 0.6 is 23.2 Å². The van der Waals surface area contributed by atoms with Crippen molar-refractivity contribution in [2.75, 3.05) is 0 Å². The van der Waals surface area contributed by atoms with Crippen LogP contribution in [0.15, 0.2) is 35.3 Å². The Morgan fingerprint density at radius 1 is 1.23 bits per heavy atom. The SMILES string of the molecule is CC(C)c1nc2cc[nH]n2c(=O)c1Oc1ccc(Cl)c(Cl)c1. The van der Waals surface area contributed by atoms with Gasteiger partial charge in [-0.1, -0.05) is 37.0 Å². The molecule has 0 unspecified atom stereocenters. The van der Waals surface area contributed by atoms with Gasteiger partial charge in [-0.15, -0.1) is 0 Å². The Morgan fingerprint density at radius 3 is 2.68 bits per heavy atom. The summed E-state index contributed by atoms with van der Waals surface area (Å²) in [6.45, 7) is 3.90. The largest absolute Gasteiger partial charge is 0.449 e. The quantitative estimate of drug-likeness (QED) is 0.777. The third kappa shape index (κ3) is 2.58. The van der Waals surface area contributed by atoms with Gasteiger partial charge in [0.05, 0.1) is 15.7 Å². The van der Waals surface area contributed by atoms with Gasteiger partial charge in [0.2, 0.25) is 5.75 Å². The van der Waals surface area contributed by atoms with Gasteiger partial charge in [-0.3, -0.25) is 9.89 Å². The second-order valence-corrected chi connectivity index (χ2v) is 5.93. The standard InChI is InChI=1S/C15H13Cl2N3O2/c1-8(2)13-14(15(21)20-12(19-13)5-6-18-20)22-9-3-4-10(16)11(17)7-9/h3-8,18H,1-2H3. The highest BCUT2D eigenvalue weighted by atomic mass is 35.5. The molecule has 0 radical (unpaired) electrons. The van der Waals surface area contributed by atoms with Crippen LogP contribution in [0.1, 0.15) is 25.5 Å². The fourth-order valence-electron chi connectivity index (χ4n) is 2.11. The summed E-state index contributed by atoms with van der Waals surface area (Å²) in [5.41, 5.74) is 0.843. The van der Waals surface area contributed by atoms with Crippen LogP contribution < -0.4 is 10.3 Å². The average molecular weight is 338 g/mol. The molecule has 114 valence electrons. The predicted molar refractivity (Wildman–Crippen MR) is 86.4 cm³/mol. The van der Waals surface area contributed by atoms with Gasteiger partial charge in [0.15, 0.2) is 5.65 Å².